The minimum absolute atomic E-state index is 0.152. The highest BCUT2D eigenvalue weighted by Crippen LogP contribution is 2.29. The molecule has 29 heavy (non-hydrogen) atoms. The van der Waals surface area contributed by atoms with Crippen LogP contribution in [0.5, 0.6) is 0 Å². The van der Waals surface area contributed by atoms with Crippen molar-refractivity contribution in [1.82, 2.24) is 20.2 Å². The molecule has 1 unspecified atom stereocenters. The number of nitrogens with zero attached hydrogens (tertiary/aromatic N) is 4. The average molecular weight is 396 g/mol. The summed E-state index contributed by atoms with van der Waals surface area (Å²) < 4.78 is 16.5. The molecule has 0 spiro atoms. The molecular formula is C21H24N4O4. The van der Waals surface area contributed by atoms with Gasteiger partial charge in [0, 0.05) is 25.5 Å². The molecule has 8 heteroatoms. The van der Waals surface area contributed by atoms with Gasteiger partial charge in [-0.2, -0.15) is 0 Å². The molecule has 0 radical (unpaired) electrons. The molecule has 0 aromatic carbocycles. The van der Waals surface area contributed by atoms with E-state index in [1.165, 1.54) is 0 Å². The Labute approximate surface area is 168 Å². The van der Waals surface area contributed by atoms with Crippen LogP contribution < -0.4 is 0 Å². The van der Waals surface area contributed by atoms with E-state index in [2.05, 4.69) is 10.3 Å². The quantitative estimate of drug-likeness (QED) is 0.652. The number of aryl methyl sites for hydroxylation is 3. The van der Waals surface area contributed by atoms with Gasteiger partial charge in [-0.05, 0) is 19.1 Å². The summed E-state index contributed by atoms with van der Waals surface area (Å²) in [7, 11) is 0. The van der Waals surface area contributed by atoms with E-state index in [-0.39, 0.29) is 12.0 Å². The second kappa shape index (κ2) is 8.16. The lowest BCUT2D eigenvalue weighted by molar-refractivity contribution is -0.0249. The molecule has 0 N–H and O–H groups in total. The zero-order valence-corrected chi connectivity index (χ0v) is 16.8. The number of carbonyl (C=O) groups is 1. The summed E-state index contributed by atoms with van der Waals surface area (Å²) >= 11 is 0. The third-order valence-corrected chi connectivity index (χ3v) is 5.09. The summed E-state index contributed by atoms with van der Waals surface area (Å²) in [6.45, 7) is 7.24. The Morgan fingerprint density at radius 3 is 2.83 bits per heavy atom. The van der Waals surface area contributed by atoms with Gasteiger partial charge in [0.1, 0.15) is 17.6 Å². The molecule has 3 aromatic heterocycles. The summed E-state index contributed by atoms with van der Waals surface area (Å²) in [6.07, 6.45) is 1.13. The van der Waals surface area contributed by atoms with Crippen LogP contribution in [-0.2, 0) is 17.6 Å². The summed E-state index contributed by atoms with van der Waals surface area (Å²) in [5.74, 6) is 1.36. The van der Waals surface area contributed by atoms with Crippen LogP contribution in [0.2, 0.25) is 0 Å². The zero-order valence-electron chi connectivity index (χ0n) is 16.8. The van der Waals surface area contributed by atoms with Gasteiger partial charge >= 0.3 is 0 Å². The Hall–Kier alpha value is -3.00. The van der Waals surface area contributed by atoms with Gasteiger partial charge in [0.25, 0.3) is 5.91 Å². The lowest BCUT2D eigenvalue weighted by Gasteiger charge is -2.32. The number of rotatable bonds is 5. The predicted molar refractivity (Wildman–Crippen MR) is 104 cm³/mol. The third-order valence-electron chi connectivity index (χ3n) is 5.09. The highest BCUT2D eigenvalue weighted by Gasteiger charge is 2.29. The van der Waals surface area contributed by atoms with E-state index >= 15 is 0 Å². The first-order valence-corrected chi connectivity index (χ1v) is 9.89. The molecule has 1 aliphatic heterocycles. The van der Waals surface area contributed by atoms with E-state index in [0.717, 1.165) is 34.8 Å². The minimum atomic E-state index is -0.310. The molecule has 4 heterocycles. The summed E-state index contributed by atoms with van der Waals surface area (Å²) in [5.41, 5.74) is 3.64. The van der Waals surface area contributed by atoms with Gasteiger partial charge in [-0.25, -0.2) is 4.98 Å². The SMILES string of the molecule is CCc1cc(C(=O)N2CCOC(c3cccc(-c4c(C)noc4CC)n3)C2)no1. The third kappa shape index (κ3) is 3.80. The van der Waals surface area contributed by atoms with Crippen LogP contribution in [0, 0.1) is 6.92 Å². The number of hydrogen-bond donors (Lipinski definition) is 0. The van der Waals surface area contributed by atoms with Gasteiger partial charge in [-0.1, -0.05) is 30.2 Å². The molecule has 1 saturated heterocycles. The molecule has 152 valence electrons. The van der Waals surface area contributed by atoms with Crippen LogP contribution in [0.25, 0.3) is 11.3 Å². The number of ether oxygens (including phenoxy) is 1. The molecule has 0 aliphatic carbocycles. The van der Waals surface area contributed by atoms with Crippen molar-refractivity contribution >= 4 is 5.91 Å². The fourth-order valence-electron chi connectivity index (χ4n) is 3.51. The van der Waals surface area contributed by atoms with Crippen molar-refractivity contribution in [3.05, 3.63) is 52.9 Å². The van der Waals surface area contributed by atoms with Crippen LogP contribution in [0.1, 0.15) is 53.3 Å². The molecule has 1 amide bonds. The summed E-state index contributed by atoms with van der Waals surface area (Å²) in [4.78, 5) is 19.3. The van der Waals surface area contributed by atoms with Crippen molar-refractivity contribution in [2.24, 2.45) is 0 Å². The van der Waals surface area contributed by atoms with Gasteiger partial charge < -0.3 is 18.7 Å². The van der Waals surface area contributed by atoms with Crippen LogP contribution in [0.15, 0.2) is 33.3 Å². The Balaban J connectivity index is 1.55. The first-order valence-electron chi connectivity index (χ1n) is 9.89. The maximum absolute atomic E-state index is 12.8. The monoisotopic (exact) mass is 396 g/mol. The van der Waals surface area contributed by atoms with Crippen molar-refractivity contribution in [2.45, 2.75) is 39.7 Å². The fraction of sp³-hybridized carbons (Fsp3) is 0.429. The first-order chi connectivity index (χ1) is 14.1. The molecule has 1 atom stereocenters. The molecule has 1 fully saturated rings. The van der Waals surface area contributed by atoms with E-state index in [1.54, 1.807) is 11.0 Å². The first kappa shape index (κ1) is 19.3. The smallest absolute Gasteiger partial charge is 0.276 e. The lowest BCUT2D eigenvalue weighted by atomic mass is 10.1. The average Bonchev–Trinajstić information content (AvgIpc) is 3.39. The van der Waals surface area contributed by atoms with Crippen molar-refractivity contribution < 1.29 is 18.6 Å². The number of pyridine rings is 1. The number of carbonyl (C=O) groups excluding carboxylic acids is 1. The summed E-state index contributed by atoms with van der Waals surface area (Å²) in [5, 5.41) is 7.97. The summed E-state index contributed by atoms with van der Waals surface area (Å²) in [6, 6.07) is 7.50. The fourth-order valence-corrected chi connectivity index (χ4v) is 3.51. The topological polar surface area (TPSA) is 94.5 Å². The molecule has 8 nitrogen and oxygen atoms in total. The van der Waals surface area contributed by atoms with Crippen molar-refractivity contribution in [3.8, 4) is 11.3 Å². The van der Waals surface area contributed by atoms with Gasteiger partial charge in [0.15, 0.2) is 5.69 Å². The molecule has 0 bridgehead atoms. The van der Waals surface area contributed by atoms with E-state index in [0.29, 0.717) is 37.6 Å². The Bertz CT molecular complexity index is 1010. The maximum atomic E-state index is 12.8. The van der Waals surface area contributed by atoms with Crippen LogP contribution in [0.4, 0.5) is 0 Å². The second-order valence-corrected chi connectivity index (χ2v) is 7.01. The van der Waals surface area contributed by atoms with E-state index in [9.17, 15) is 4.79 Å². The normalized spacial score (nSPS) is 16.9. The van der Waals surface area contributed by atoms with Crippen LogP contribution >= 0.6 is 0 Å². The zero-order chi connectivity index (χ0) is 20.4. The molecular weight excluding hydrogens is 372 g/mol. The second-order valence-electron chi connectivity index (χ2n) is 7.01. The standard InChI is InChI=1S/C21H24N4O4/c1-4-14-11-17(24-28-14)21(26)25-9-10-27-19(12-25)15-7-6-8-16(22-15)20-13(3)23-29-18(20)5-2/h6-8,11,19H,4-5,9-10,12H2,1-3H3. The Morgan fingerprint density at radius 1 is 1.21 bits per heavy atom. The van der Waals surface area contributed by atoms with Crippen molar-refractivity contribution in [3.63, 3.8) is 0 Å². The highest BCUT2D eigenvalue weighted by atomic mass is 16.5. The lowest BCUT2D eigenvalue weighted by Crippen LogP contribution is -2.42. The van der Waals surface area contributed by atoms with Gasteiger partial charge in [-0.15, -0.1) is 0 Å². The highest BCUT2D eigenvalue weighted by molar-refractivity contribution is 5.92. The molecule has 4 rings (SSSR count). The van der Waals surface area contributed by atoms with Crippen LogP contribution in [-0.4, -0.2) is 45.8 Å². The minimum Gasteiger partial charge on any atom is -0.368 e. The predicted octanol–water partition coefficient (Wildman–Crippen LogP) is 3.37. The number of aromatic nitrogens is 3. The largest absolute Gasteiger partial charge is 0.368 e. The number of amides is 1. The van der Waals surface area contributed by atoms with Crippen molar-refractivity contribution in [2.75, 3.05) is 19.7 Å². The van der Waals surface area contributed by atoms with Crippen LogP contribution in [0.3, 0.4) is 0 Å². The molecule has 1 aliphatic rings. The van der Waals surface area contributed by atoms with E-state index < -0.39 is 0 Å². The van der Waals surface area contributed by atoms with E-state index in [1.807, 2.05) is 39.0 Å². The van der Waals surface area contributed by atoms with Gasteiger partial charge in [0.05, 0.1) is 35.8 Å². The van der Waals surface area contributed by atoms with E-state index in [4.69, 9.17) is 18.8 Å². The maximum Gasteiger partial charge on any atom is 0.276 e. The molecule has 0 saturated carbocycles. The van der Waals surface area contributed by atoms with Gasteiger partial charge in [0.2, 0.25) is 0 Å². The Morgan fingerprint density at radius 2 is 2.07 bits per heavy atom. The number of morpholine rings is 1. The molecule has 3 aromatic rings. The van der Waals surface area contributed by atoms with Gasteiger partial charge in [-0.3, -0.25) is 4.79 Å². The Kier molecular flexibility index (Phi) is 5.44. The van der Waals surface area contributed by atoms with Crippen molar-refractivity contribution in [1.29, 1.82) is 0 Å². The number of hydrogen-bond acceptors (Lipinski definition) is 7.